The first-order valence-electron chi connectivity index (χ1n) is 7.89. The fourth-order valence-corrected chi connectivity index (χ4v) is 2.38. The Labute approximate surface area is 137 Å². The number of ether oxygens (including phenoxy) is 1. The molecule has 1 aliphatic heterocycles. The summed E-state index contributed by atoms with van der Waals surface area (Å²) in [5, 5.41) is 6.04. The first kappa shape index (κ1) is 17.3. The largest absolute Gasteiger partial charge is 0.444 e. The number of carbonyl (C=O) groups excluding carboxylic acids is 2. The van der Waals surface area contributed by atoms with Crippen molar-refractivity contribution in [2.24, 2.45) is 0 Å². The first-order valence-corrected chi connectivity index (χ1v) is 7.89. The summed E-state index contributed by atoms with van der Waals surface area (Å²) in [6.45, 7) is 7.44. The molecule has 0 spiro atoms. The molecule has 1 saturated heterocycles. The molecular formula is C17H25N3O3. The maximum absolute atomic E-state index is 12.5. The monoisotopic (exact) mass is 319 g/mol. The number of rotatable bonds is 3. The van der Waals surface area contributed by atoms with E-state index >= 15 is 0 Å². The lowest BCUT2D eigenvalue weighted by Gasteiger charge is -2.36. The van der Waals surface area contributed by atoms with E-state index in [-0.39, 0.29) is 5.91 Å². The van der Waals surface area contributed by atoms with Crippen molar-refractivity contribution in [3.05, 3.63) is 35.9 Å². The molecule has 23 heavy (non-hydrogen) atoms. The van der Waals surface area contributed by atoms with Gasteiger partial charge in [-0.1, -0.05) is 30.3 Å². The van der Waals surface area contributed by atoms with Crippen molar-refractivity contribution in [1.82, 2.24) is 15.5 Å². The molecule has 1 aromatic carbocycles. The van der Waals surface area contributed by atoms with Gasteiger partial charge in [-0.2, -0.15) is 0 Å². The normalized spacial score (nSPS) is 18.4. The van der Waals surface area contributed by atoms with Gasteiger partial charge < -0.3 is 15.4 Å². The molecule has 0 aromatic heterocycles. The van der Waals surface area contributed by atoms with Crippen LogP contribution in [0.1, 0.15) is 26.3 Å². The predicted molar refractivity (Wildman–Crippen MR) is 87.9 cm³/mol. The number of hydrogen-bond acceptors (Lipinski definition) is 4. The standard InChI is InChI=1S/C17H25N3O3/c1-17(2,3)23-16(22)20-10-9-18-12-14(20)15(21)19-11-13-7-5-4-6-8-13/h4-8,14,18H,9-12H2,1-3H3,(H,19,21). The van der Waals surface area contributed by atoms with Crippen molar-refractivity contribution in [3.8, 4) is 0 Å². The zero-order chi connectivity index (χ0) is 16.9. The second-order valence-electron chi connectivity index (χ2n) is 6.60. The molecule has 1 aromatic rings. The molecule has 0 bridgehead atoms. The summed E-state index contributed by atoms with van der Waals surface area (Å²) in [6, 6.07) is 9.13. The molecule has 6 heteroatoms. The van der Waals surface area contributed by atoms with E-state index in [0.717, 1.165) is 5.56 Å². The third kappa shape index (κ3) is 5.25. The number of piperazine rings is 1. The van der Waals surface area contributed by atoms with E-state index in [0.29, 0.717) is 26.2 Å². The van der Waals surface area contributed by atoms with E-state index in [1.54, 1.807) is 0 Å². The van der Waals surface area contributed by atoms with Crippen LogP contribution in [-0.4, -0.2) is 48.2 Å². The molecule has 1 fully saturated rings. The van der Waals surface area contributed by atoms with E-state index in [4.69, 9.17) is 4.74 Å². The van der Waals surface area contributed by atoms with Crippen LogP contribution in [0.15, 0.2) is 30.3 Å². The Morgan fingerprint density at radius 2 is 2.00 bits per heavy atom. The summed E-state index contributed by atoms with van der Waals surface area (Å²) in [5.41, 5.74) is 0.445. The number of amides is 2. The average Bonchev–Trinajstić information content (AvgIpc) is 2.52. The molecule has 0 radical (unpaired) electrons. The van der Waals surface area contributed by atoms with Gasteiger partial charge in [-0.25, -0.2) is 4.79 Å². The quantitative estimate of drug-likeness (QED) is 0.886. The molecule has 126 valence electrons. The Balaban J connectivity index is 1.97. The Morgan fingerprint density at radius 3 is 2.65 bits per heavy atom. The predicted octanol–water partition coefficient (Wildman–Crippen LogP) is 1.51. The lowest BCUT2D eigenvalue weighted by molar-refractivity contribution is -0.127. The van der Waals surface area contributed by atoms with Crippen LogP contribution in [0.2, 0.25) is 0 Å². The van der Waals surface area contributed by atoms with Crippen LogP contribution in [0.5, 0.6) is 0 Å². The smallest absolute Gasteiger partial charge is 0.411 e. The molecule has 2 N–H and O–H groups in total. The van der Waals surface area contributed by atoms with Crippen molar-refractivity contribution in [1.29, 1.82) is 0 Å². The van der Waals surface area contributed by atoms with Crippen LogP contribution in [0.4, 0.5) is 4.79 Å². The molecule has 1 aliphatic rings. The van der Waals surface area contributed by atoms with Crippen LogP contribution in [0.25, 0.3) is 0 Å². The molecule has 1 atom stereocenters. The molecule has 6 nitrogen and oxygen atoms in total. The van der Waals surface area contributed by atoms with Crippen LogP contribution < -0.4 is 10.6 Å². The van der Waals surface area contributed by atoms with Crippen molar-refractivity contribution >= 4 is 12.0 Å². The van der Waals surface area contributed by atoms with Gasteiger partial charge in [0.1, 0.15) is 11.6 Å². The van der Waals surface area contributed by atoms with Crippen LogP contribution in [0, 0.1) is 0 Å². The van der Waals surface area contributed by atoms with Crippen molar-refractivity contribution in [2.45, 2.75) is 39.0 Å². The highest BCUT2D eigenvalue weighted by Gasteiger charge is 2.34. The number of nitrogens with zero attached hydrogens (tertiary/aromatic N) is 1. The van der Waals surface area contributed by atoms with Crippen molar-refractivity contribution in [2.75, 3.05) is 19.6 Å². The molecule has 1 heterocycles. The van der Waals surface area contributed by atoms with Gasteiger partial charge in [0.25, 0.3) is 0 Å². The van der Waals surface area contributed by atoms with Gasteiger partial charge in [0.05, 0.1) is 0 Å². The maximum atomic E-state index is 12.5. The zero-order valence-electron chi connectivity index (χ0n) is 14.0. The Bertz CT molecular complexity index is 540. The summed E-state index contributed by atoms with van der Waals surface area (Å²) in [4.78, 5) is 26.3. The second kappa shape index (κ2) is 7.46. The molecule has 2 rings (SSSR count). The molecule has 1 unspecified atom stereocenters. The number of carbonyl (C=O) groups is 2. The SMILES string of the molecule is CC(C)(C)OC(=O)N1CCNCC1C(=O)NCc1ccccc1. The van der Waals surface area contributed by atoms with E-state index in [1.807, 2.05) is 51.1 Å². The minimum atomic E-state index is -0.576. The van der Waals surface area contributed by atoms with Crippen LogP contribution >= 0.6 is 0 Å². The summed E-state index contributed by atoms with van der Waals surface area (Å²) >= 11 is 0. The van der Waals surface area contributed by atoms with Gasteiger partial charge in [0, 0.05) is 26.2 Å². The fraction of sp³-hybridized carbons (Fsp3) is 0.529. The highest BCUT2D eigenvalue weighted by molar-refractivity contribution is 5.86. The summed E-state index contributed by atoms with van der Waals surface area (Å²) in [7, 11) is 0. The Kier molecular flexibility index (Phi) is 5.60. The highest BCUT2D eigenvalue weighted by atomic mass is 16.6. The maximum Gasteiger partial charge on any atom is 0.411 e. The van der Waals surface area contributed by atoms with E-state index in [9.17, 15) is 9.59 Å². The van der Waals surface area contributed by atoms with Gasteiger partial charge in [-0.3, -0.25) is 9.69 Å². The zero-order valence-corrected chi connectivity index (χ0v) is 14.0. The fourth-order valence-electron chi connectivity index (χ4n) is 2.38. The lowest BCUT2D eigenvalue weighted by Crippen LogP contribution is -2.60. The molecular weight excluding hydrogens is 294 g/mol. The minimum Gasteiger partial charge on any atom is -0.444 e. The summed E-state index contributed by atoms with van der Waals surface area (Å²) in [5.74, 6) is -0.174. The van der Waals surface area contributed by atoms with Gasteiger partial charge in [-0.05, 0) is 26.3 Å². The average molecular weight is 319 g/mol. The van der Waals surface area contributed by atoms with Crippen molar-refractivity contribution < 1.29 is 14.3 Å². The van der Waals surface area contributed by atoms with E-state index in [1.165, 1.54) is 4.90 Å². The van der Waals surface area contributed by atoms with E-state index in [2.05, 4.69) is 10.6 Å². The van der Waals surface area contributed by atoms with Gasteiger partial charge in [0.2, 0.25) is 5.91 Å². The number of nitrogens with one attached hydrogen (secondary N) is 2. The van der Waals surface area contributed by atoms with Gasteiger partial charge in [-0.15, -0.1) is 0 Å². The Morgan fingerprint density at radius 1 is 1.30 bits per heavy atom. The highest BCUT2D eigenvalue weighted by Crippen LogP contribution is 2.13. The summed E-state index contributed by atoms with van der Waals surface area (Å²) in [6.07, 6.45) is -0.445. The topological polar surface area (TPSA) is 70.7 Å². The summed E-state index contributed by atoms with van der Waals surface area (Å²) < 4.78 is 5.40. The minimum absolute atomic E-state index is 0.174. The van der Waals surface area contributed by atoms with Crippen LogP contribution in [0.3, 0.4) is 0 Å². The number of benzene rings is 1. The third-order valence-electron chi connectivity index (χ3n) is 3.48. The lowest BCUT2D eigenvalue weighted by atomic mass is 10.1. The third-order valence-corrected chi connectivity index (χ3v) is 3.48. The molecule has 0 saturated carbocycles. The molecule has 0 aliphatic carbocycles. The van der Waals surface area contributed by atoms with E-state index < -0.39 is 17.7 Å². The number of hydrogen-bond donors (Lipinski definition) is 2. The Hall–Kier alpha value is -2.08. The second-order valence-corrected chi connectivity index (χ2v) is 6.60. The van der Waals surface area contributed by atoms with Gasteiger partial charge in [0.15, 0.2) is 0 Å². The van der Waals surface area contributed by atoms with Crippen LogP contribution in [-0.2, 0) is 16.1 Å². The van der Waals surface area contributed by atoms with Crippen molar-refractivity contribution in [3.63, 3.8) is 0 Å². The first-order chi connectivity index (χ1) is 10.9. The van der Waals surface area contributed by atoms with Gasteiger partial charge >= 0.3 is 6.09 Å². The molecule has 2 amide bonds.